The van der Waals surface area contributed by atoms with E-state index in [9.17, 15) is 48.9 Å². The standard InChI is InChI=1S/C32H29N9O13S3/c1-12-6-21(41-20(34-12)8-39(38-41)32(50)51)55-9-16-10-56-28-23(27(45)40(28)24(16)29(46)47)36-26(44)22(17-11-57-31(33)35-17)37-54-25(30(48)49)15-4-5-18(52-13(2)42)19(7-15)53-14(3)43/h4-8,11,23,25,28,38H,9-10H2,1-3H3,(H2,33,35)(H,36,44)(H,46,47)(H,48,49)(H,50,51)/t23-,25-,28-/m1/s1. The van der Waals surface area contributed by atoms with Crippen molar-refractivity contribution in [2.24, 2.45) is 10.1 Å². The second kappa shape index (κ2) is 16.3. The number of nitrogen functional groups attached to an aromatic ring is 1. The van der Waals surface area contributed by atoms with E-state index >= 15 is 0 Å². The van der Waals surface area contributed by atoms with E-state index in [0.717, 1.165) is 41.2 Å². The lowest BCUT2D eigenvalue weighted by atomic mass is 10.0. The van der Waals surface area contributed by atoms with Gasteiger partial charge in [-0.15, -0.1) is 40.4 Å². The maximum atomic E-state index is 13.7. The predicted molar refractivity (Wildman–Crippen MR) is 200 cm³/mol. The summed E-state index contributed by atoms with van der Waals surface area (Å²) in [7, 11) is 0. The van der Waals surface area contributed by atoms with E-state index in [4.69, 9.17) is 20.0 Å². The summed E-state index contributed by atoms with van der Waals surface area (Å²) in [6.45, 7) is 3.89. The van der Waals surface area contributed by atoms with Crippen LogP contribution < -0.4 is 26.1 Å². The van der Waals surface area contributed by atoms with Gasteiger partial charge in [0, 0.05) is 42.0 Å². The molecule has 6 rings (SSSR count). The number of nitrogens with one attached hydrogen (secondary N) is 2. The number of fused-ring (bicyclic) bond motifs is 2. The highest BCUT2D eigenvalue weighted by atomic mass is 32.2. The molecule has 1 saturated heterocycles. The van der Waals surface area contributed by atoms with Crippen molar-refractivity contribution in [2.75, 3.05) is 17.2 Å². The van der Waals surface area contributed by atoms with Crippen molar-refractivity contribution in [1.29, 1.82) is 0 Å². The fourth-order valence-electron chi connectivity index (χ4n) is 5.54. The average molecular weight is 844 g/mol. The van der Waals surface area contributed by atoms with Gasteiger partial charge in [0.05, 0.1) is 11.2 Å². The molecule has 7 N–H and O–H groups in total. The number of thioether (sulfide) groups is 2. The van der Waals surface area contributed by atoms with Crippen LogP contribution in [0.2, 0.25) is 0 Å². The summed E-state index contributed by atoms with van der Waals surface area (Å²) in [6.07, 6.45) is -0.232. The number of β-lactam (4-membered cyclic amide) rings is 1. The molecule has 0 aliphatic carbocycles. The zero-order valence-corrected chi connectivity index (χ0v) is 32.0. The average Bonchev–Trinajstić information content (AvgIpc) is 3.77. The van der Waals surface area contributed by atoms with Crippen LogP contribution in [0.25, 0.3) is 0 Å². The van der Waals surface area contributed by atoms with E-state index < -0.39 is 65.0 Å². The van der Waals surface area contributed by atoms with Gasteiger partial charge in [-0.05, 0) is 30.7 Å². The molecule has 3 atom stereocenters. The Labute approximate surface area is 332 Å². The number of hydrazine groups is 2. The van der Waals surface area contributed by atoms with Crippen LogP contribution in [0.15, 0.2) is 68.1 Å². The van der Waals surface area contributed by atoms with Gasteiger partial charge in [-0.1, -0.05) is 11.2 Å². The first kappa shape index (κ1) is 40.2. The molecule has 25 heteroatoms. The quantitative estimate of drug-likeness (QED) is 0.0546. The molecule has 3 amide bonds. The third-order valence-electron chi connectivity index (χ3n) is 7.89. The molecule has 1 fully saturated rings. The number of nitrogens with two attached hydrogens (primary N) is 1. The number of nitrogens with zero attached hydrogens (tertiary/aromatic N) is 6. The molecule has 0 spiro atoms. The minimum Gasteiger partial charge on any atom is -0.478 e. The lowest BCUT2D eigenvalue weighted by Crippen LogP contribution is -2.71. The molecule has 1 aromatic heterocycles. The van der Waals surface area contributed by atoms with Crippen molar-refractivity contribution in [3.63, 3.8) is 0 Å². The number of aromatic nitrogens is 1. The summed E-state index contributed by atoms with van der Waals surface area (Å²) in [5, 5.41) is 39.2. The van der Waals surface area contributed by atoms with Gasteiger partial charge >= 0.3 is 30.0 Å². The van der Waals surface area contributed by atoms with Crippen molar-refractivity contribution >= 4 is 93.2 Å². The summed E-state index contributed by atoms with van der Waals surface area (Å²) in [4.78, 5) is 102. The monoisotopic (exact) mass is 843 g/mol. The summed E-state index contributed by atoms with van der Waals surface area (Å²) in [5.74, 6) is -6.25. The summed E-state index contributed by atoms with van der Waals surface area (Å²) < 4.78 is 10.1. The minimum atomic E-state index is -1.92. The Hall–Kier alpha value is -6.44. The van der Waals surface area contributed by atoms with Gasteiger partial charge in [0.15, 0.2) is 28.2 Å². The van der Waals surface area contributed by atoms with Crippen LogP contribution in [0.4, 0.5) is 9.93 Å². The Kier molecular flexibility index (Phi) is 11.5. The molecular weight excluding hydrogens is 815 g/mol. The number of aliphatic carboxylic acids is 2. The Bertz CT molecular complexity index is 2270. The Morgan fingerprint density at radius 2 is 1.84 bits per heavy atom. The van der Waals surface area contributed by atoms with E-state index in [0.29, 0.717) is 22.1 Å². The molecule has 57 heavy (non-hydrogen) atoms. The van der Waals surface area contributed by atoms with Gasteiger partial charge < -0.3 is 40.7 Å². The fourth-order valence-corrected chi connectivity index (χ4v) is 8.65. The molecular formula is C32H29N9O13S3. The number of hydrogen-bond donors (Lipinski definition) is 6. The molecule has 5 heterocycles. The van der Waals surface area contributed by atoms with Crippen LogP contribution in [0.3, 0.4) is 0 Å². The van der Waals surface area contributed by atoms with Crippen LogP contribution in [-0.2, 0) is 33.6 Å². The number of anilines is 1. The molecule has 0 unspecified atom stereocenters. The zero-order chi connectivity index (χ0) is 41.3. The molecule has 2 aromatic rings. The number of esters is 2. The highest BCUT2D eigenvalue weighted by Crippen LogP contribution is 2.42. The predicted octanol–water partition coefficient (Wildman–Crippen LogP) is 1.42. The van der Waals surface area contributed by atoms with Gasteiger partial charge in [0.25, 0.3) is 11.8 Å². The number of carbonyl (C=O) groups excluding carboxylic acids is 4. The molecule has 0 radical (unpaired) electrons. The maximum Gasteiger partial charge on any atom is 0.427 e. The normalized spacial score (nSPS) is 19.3. The summed E-state index contributed by atoms with van der Waals surface area (Å²) in [5.41, 5.74) is 8.28. The third kappa shape index (κ3) is 8.54. The number of carbonyl (C=O) groups is 7. The molecule has 4 aliphatic rings. The number of oxime groups is 1. The van der Waals surface area contributed by atoms with Crippen molar-refractivity contribution in [3.05, 3.63) is 69.2 Å². The van der Waals surface area contributed by atoms with E-state index in [1.54, 1.807) is 13.0 Å². The first-order chi connectivity index (χ1) is 27.0. The van der Waals surface area contributed by atoms with Gasteiger partial charge in [-0.3, -0.25) is 24.1 Å². The minimum absolute atomic E-state index is 0.0149. The molecule has 1 aromatic carbocycles. The van der Waals surface area contributed by atoms with Crippen LogP contribution in [-0.4, -0.2) is 111 Å². The summed E-state index contributed by atoms with van der Waals surface area (Å²) in [6, 6.07) is 2.20. The van der Waals surface area contributed by atoms with Crippen molar-refractivity contribution < 1.29 is 63.2 Å². The number of amides is 3. The second-order valence-electron chi connectivity index (χ2n) is 11.9. The highest BCUT2D eigenvalue weighted by molar-refractivity contribution is 8.03. The lowest BCUT2D eigenvalue weighted by molar-refractivity contribution is -0.151. The van der Waals surface area contributed by atoms with E-state index in [1.165, 1.54) is 52.2 Å². The smallest absolute Gasteiger partial charge is 0.427 e. The molecule has 0 saturated carbocycles. The Balaban J connectivity index is 1.20. The van der Waals surface area contributed by atoms with E-state index in [1.807, 2.05) is 0 Å². The largest absolute Gasteiger partial charge is 0.478 e. The van der Waals surface area contributed by atoms with Gasteiger partial charge in [-0.2, -0.15) is 5.01 Å². The number of carboxylic acids is 2. The number of allylic oxidation sites excluding steroid dienone is 1. The zero-order valence-electron chi connectivity index (χ0n) is 29.5. The lowest BCUT2D eigenvalue weighted by Gasteiger charge is -2.49. The number of thiazole rings is 1. The maximum absolute atomic E-state index is 13.7. The molecule has 0 bridgehead atoms. The number of ether oxygens (including phenoxy) is 2. The van der Waals surface area contributed by atoms with Gasteiger partial charge in [-0.25, -0.2) is 29.4 Å². The van der Waals surface area contributed by atoms with Crippen molar-refractivity contribution in [1.82, 2.24) is 30.8 Å². The number of benzene rings is 1. The van der Waals surface area contributed by atoms with Crippen LogP contribution >= 0.6 is 34.9 Å². The number of carboxylic acid groups (broad SMARTS) is 3. The first-order valence-electron chi connectivity index (χ1n) is 16.1. The van der Waals surface area contributed by atoms with Crippen LogP contribution in [0.5, 0.6) is 11.5 Å². The van der Waals surface area contributed by atoms with Crippen LogP contribution in [0, 0.1) is 0 Å². The molecule has 4 aliphatic heterocycles. The van der Waals surface area contributed by atoms with Crippen molar-refractivity contribution in [2.45, 2.75) is 38.3 Å². The molecule has 22 nitrogen and oxygen atoms in total. The number of rotatable bonds is 13. The molecule has 298 valence electrons. The summed E-state index contributed by atoms with van der Waals surface area (Å²) >= 11 is 3.30. The fraction of sp³-hybridized carbons (Fsp3) is 0.250. The van der Waals surface area contributed by atoms with Gasteiger partial charge in [0.2, 0.25) is 6.10 Å². The Morgan fingerprint density at radius 1 is 1.12 bits per heavy atom. The van der Waals surface area contributed by atoms with E-state index in [-0.39, 0.29) is 45.1 Å². The van der Waals surface area contributed by atoms with E-state index in [2.05, 4.69) is 26.0 Å². The van der Waals surface area contributed by atoms with Crippen molar-refractivity contribution in [3.8, 4) is 11.5 Å². The second-order valence-corrected chi connectivity index (χ2v) is 14.9. The third-order valence-corrected chi connectivity index (χ3v) is 11.0. The highest BCUT2D eigenvalue weighted by Gasteiger charge is 2.54. The van der Waals surface area contributed by atoms with Crippen LogP contribution in [0.1, 0.15) is 38.1 Å². The number of aliphatic imine (C=N–C) groups is 1. The van der Waals surface area contributed by atoms with Gasteiger partial charge in [0.1, 0.15) is 22.8 Å². The Morgan fingerprint density at radius 3 is 2.47 bits per heavy atom. The number of hydrogen-bond acceptors (Lipinski definition) is 19. The first-order valence-corrected chi connectivity index (χ1v) is 19.0. The SMILES string of the molecule is CC(=O)Oc1ccc([C@@H](ON=C(C(=O)N[C@@H]2C(=O)N3C(C(=O)O)=C(CSC4=CC(C)=NC5=CN(C(=O)O)NN54)CS[C@H]23)c2csc(N)n2)C(=O)O)cc1OC(C)=O. The topological polar surface area (TPSA) is 305 Å².